The standard InChI is InChI=1S/C29H46N4O7S/c1-4-16-29(28(35)31-30,41(3,36)37)22-25(33(2)17-20-38-21-18-33)24(14-10-13-23-11-6-5-7-12-23)27(34)32-40-26-15-8-9-19-39-26/h5-7,10-13,24-26H,4,8-9,14-22,30H2,1-3H3,(H-,31,32,34,35)/p+1/b13-10+/t24-,25+,26?,29?/m0/s1. The maximum atomic E-state index is 13.9. The third kappa shape index (κ3) is 8.59. The molecule has 230 valence electrons. The number of rotatable bonds is 14. The summed E-state index contributed by atoms with van der Waals surface area (Å²) in [5.41, 5.74) is 5.71. The zero-order valence-corrected chi connectivity index (χ0v) is 25.4. The average molecular weight is 596 g/mol. The molecule has 2 saturated heterocycles. The molecule has 0 saturated carbocycles. The summed E-state index contributed by atoms with van der Waals surface area (Å²) in [5.74, 6) is 3.68. The van der Waals surface area contributed by atoms with Gasteiger partial charge in [-0.3, -0.25) is 15.0 Å². The Balaban J connectivity index is 2.04. The van der Waals surface area contributed by atoms with Crippen molar-refractivity contribution in [3.05, 3.63) is 42.0 Å². The first-order valence-electron chi connectivity index (χ1n) is 14.5. The molecule has 2 aliphatic rings. The molecule has 1 aromatic rings. The number of sulfone groups is 1. The smallest absolute Gasteiger partial charge is 0.255 e. The summed E-state index contributed by atoms with van der Waals surface area (Å²) in [5, 5.41) is 0. The maximum absolute atomic E-state index is 13.9. The highest BCUT2D eigenvalue weighted by Crippen LogP contribution is 2.37. The monoisotopic (exact) mass is 595 g/mol. The Bertz CT molecular complexity index is 1120. The van der Waals surface area contributed by atoms with E-state index in [4.69, 9.17) is 20.2 Å². The van der Waals surface area contributed by atoms with Gasteiger partial charge >= 0.3 is 0 Å². The van der Waals surface area contributed by atoms with Gasteiger partial charge in [0.15, 0.2) is 20.9 Å². The van der Waals surface area contributed by atoms with Crippen molar-refractivity contribution in [3.8, 4) is 0 Å². The summed E-state index contributed by atoms with van der Waals surface area (Å²) in [6, 6.07) is 9.14. The molecule has 11 nitrogen and oxygen atoms in total. The van der Waals surface area contributed by atoms with Gasteiger partial charge in [0.1, 0.15) is 19.1 Å². The summed E-state index contributed by atoms with van der Waals surface area (Å²) in [4.78, 5) is 32.9. The highest BCUT2D eigenvalue weighted by molar-refractivity contribution is 7.92. The molecule has 2 aliphatic heterocycles. The summed E-state index contributed by atoms with van der Waals surface area (Å²) >= 11 is 0. The molecule has 2 fully saturated rings. The predicted molar refractivity (Wildman–Crippen MR) is 156 cm³/mol. The topological polar surface area (TPSA) is 146 Å². The zero-order valence-electron chi connectivity index (χ0n) is 24.5. The van der Waals surface area contributed by atoms with E-state index in [0.717, 1.165) is 24.7 Å². The van der Waals surface area contributed by atoms with E-state index in [0.29, 0.717) is 56.7 Å². The molecule has 0 aromatic heterocycles. The van der Waals surface area contributed by atoms with Crippen molar-refractivity contribution in [1.29, 1.82) is 0 Å². The van der Waals surface area contributed by atoms with Crippen molar-refractivity contribution < 1.29 is 36.8 Å². The first-order chi connectivity index (χ1) is 19.6. The van der Waals surface area contributed by atoms with Crippen LogP contribution in [0.4, 0.5) is 0 Å². The molecule has 0 bridgehead atoms. The Morgan fingerprint density at radius 2 is 1.90 bits per heavy atom. The van der Waals surface area contributed by atoms with Crippen molar-refractivity contribution in [2.24, 2.45) is 11.8 Å². The first-order valence-corrected chi connectivity index (χ1v) is 16.4. The van der Waals surface area contributed by atoms with Gasteiger partial charge in [0.25, 0.3) is 11.8 Å². The molecule has 4 N–H and O–H groups in total. The van der Waals surface area contributed by atoms with Crippen LogP contribution in [-0.4, -0.2) is 88.0 Å². The molecule has 1 aromatic carbocycles. The van der Waals surface area contributed by atoms with E-state index in [1.54, 1.807) is 0 Å². The van der Waals surface area contributed by atoms with Gasteiger partial charge in [-0.2, -0.15) is 0 Å². The molecule has 41 heavy (non-hydrogen) atoms. The summed E-state index contributed by atoms with van der Waals surface area (Å²) < 4.78 is 36.6. The molecule has 12 heteroatoms. The van der Waals surface area contributed by atoms with Gasteiger partial charge in [0, 0.05) is 25.7 Å². The molecule has 2 unspecified atom stereocenters. The van der Waals surface area contributed by atoms with Crippen LogP contribution in [0.3, 0.4) is 0 Å². The predicted octanol–water partition coefficient (Wildman–Crippen LogP) is 2.09. The second-order valence-electron chi connectivity index (χ2n) is 11.3. The Morgan fingerprint density at radius 3 is 2.49 bits per heavy atom. The Kier molecular flexibility index (Phi) is 12.3. The fourth-order valence-corrected chi connectivity index (χ4v) is 7.38. The number of benzene rings is 1. The lowest BCUT2D eigenvalue weighted by atomic mass is 9.82. The number of hydroxylamine groups is 1. The van der Waals surface area contributed by atoms with Crippen molar-refractivity contribution in [2.75, 3.05) is 46.2 Å². The number of hydrogen-bond donors (Lipinski definition) is 3. The number of nitrogens with one attached hydrogen (secondary N) is 2. The lowest BCUT2D eigenvalue weighted by Crippen LogP contribution is -2.66. The van der Waals surface area contributed by atoms with Gasteiger partial charge < -0.3 is 14.0 Å². The van der Waals surface area contributed by atoms with Crippen LogP contribution in [0.2, 0.25) is 0 Å². The molecule has 4 atom stereocenters. The van der Waals surface area contributed by atoms with Crippen LogP contribution in [0.1, 0.15) is 57.4 Å². The van der Waals surface area contributed by atoms with Crippen molar-refractivity contribution in [1.82, 2.24) is 10.9 Å². The molecule has 0 spiro atoms. The number of carbonyl (C=O) groups is 2. The van der Waals surface area contributed by atoms with E-state index < -0.39 is 38.7 Å². The number of carbonyl (C=O) groups excluding carboxylic acids is 2. The molecule has 0 aliphatic carbocycles. The SMILES string of the molecule is CCCC(C[C@H]([C@H](C/C=C/c1ccccc1)C(=O)NOC1CCCCO1)[N+]1(C)CCOCC1)(C(=O)NN)S(C)(=O)=O. The minimum Gasteiger partial charge on any atom is -0.370 e. The Hall–Kier alpha value is -2.35. The Morgan fingerprint density at radius 1 is 1.20 bits per heavy atom. The highest BCUT2D eigenvalue weighted by atomic mass is 32.2. The Labute approximate surface area is 244 Å². The maximum Gasteiger partial charge on any atom is 0.255 e. The molecule has 2 heterocycles. The molecular weight excluding hydrogens is 548 g/mol. The van der Waals surface area contributed by atoms with E-state index in [2.05, 4.69) is 10.9 Å². The number of hydrazine groups is 1. The van der Waals surface area contributed by atoms with Crippen LogP contribution >= 0.6 is 0 Å². The van der Waals surface area contributed by atoms with Crippen LogP contribution in [0.15, 0.2) is 36.4 Å². The van der Waals surface area contributed by atoms with Crippen LogP contribution in [0.5, 0.6) is 0 Å². The lowest BCUT2D eigenvalue weighted by Gasteiger charge is -2.48. The lowest BCUT2D eigenvalue weighted by molar-refractivity contribution is -0.943. The summed E-state index contributed by atoms with van der Waals surface area (Å²) in [7, 11) is -1.95. The van der Waals surface area contributed by atoms with Gasteiger partial charge in [-0.05, 0) is 31.2 Å². The number of allylic oxidation sites excluding steroid dienone is 1. The van der Waals surface area contributed by atoms with E-state index >= 15 is 0 Å². The van der Waals surface area contributed by atoms with Crippen molar-refractivity contribution in [3.63, 3.8) is 0 Å². The third-order valence-corrected chi connectivity index (χ3v) is 10.4. The number of nitrogens with two attached hydrogens (primary N) is 1. The highest BCUT2D eigenvalue weighted by Gasteiger charge is 2.55. The van der Waals surface area contributed by atoms with Gasteiger partial charge in [-0.25, -0.2) is 24.6 Å². The molecular formula is C29H47N4O7S+. The van der Waals surface area contributed by atoms with E-state index in [1.165, 1.54) is 0 Å². The summed E-state index contributed by atoms with van der Waals surface area (Å²) in [6.07, 6.45) is 7.64. The van der Waals surface area contributed by atoms with E-state index in [1.807, 2.05) is 56.5 Å². The number of amides is 2. The number of likely N-dealkylation sites (N-methyl/N-ethyl adjacent to an activating group) is 1. The van der Waals surface area contributed by atoms with E-state index in [9.17, 15) is 18.0 Å². The average Bonchev–Trinajstić information content (AvgIpc) is 2.97. The number of hydrogen-bond acceptors (Lipinski definition) is 8. The second-order valence-corrected chi connectivity index (χ2v) is 13.7. The molecule has 0 radical (unpaired) electrons. The van der Waals surface area contributed by atoms with Crippen LogP contribution in [0.25, 0.3) is 6.08 Å². The van der Waals surface area contributed by atoms with Gasteiger partial charge in [0.2, 0.25) is 0 Å². The number of morpholine rings is 1. The fourth-order valence-electron chi connectivity index (χ4n) is 5.93. The largest absolute Gasteiger partial charge is 0.370 e. The molecule has 2 amide bonds. The van der Waals surface area contributed by atoms with Crippen LogP contribution in [-0.2, 0) is 33.7 Å². The van der Waals surface area contributed by atoms with Crippen molar-refractivity contribution in [2.45, 2.75) is 68.9 Å². The van der Waals surface area contributed by atoms with Gasteiger partial charge in [-0.15, -0.1) is 0 Å². The van der Waals surface area contributed by atoms with E-state index in [-0.39, 0.29) is 18.7 Å². The number of quaternary nitrogens is 1. The van der Waals surface area contributed by atoms with Gasteiger partial charge in [-0.1, -0.05) is 55.8 Å². The van der Waals surface area contributed by atoms with Crippen LogP contribution in [0, 0.1) is 5.92 Å². The van der Waals surface area contributed by atoms with Gasteiger partial charge in [0.05, 0.1) is 26.2 Å². The van der Waals surface area contributed by atoms with Crippen LogP contribution < -0.4 is 16.7 Å². The summed E-state index contributed by atoms with van der Waals surface area (Å²) in [6.45, 7) is 4.41. The van der Waals surface area contributed by atoms with Crippen molar-refractivity contribution >= 4 is 27.7 Å². The zero-order chi connectivity index (χ0) is 29.9. The normalized spacial score (nSPS) is 22.4. The first kappa shape index (κ1) is 33.2. The third-order valence-electron chi connectivity index (χ3n) is 8.47. The second kappa shape index (κ2) is 15.2. The minimum absolute atomic E-state index is 0.0719. The number of nitrogens with zero attached hydrogens (tertiary/aromatic N) is 1. The minimum atomic E-state index is -3.95. The quantitative estimate of drug-likeness (QED) is 0.128. The fraction of sp³-hybridized carbons (Fsp3) is 0.655. The number of ether oxygens (including phenoxy) is 2. The molecule has 3 rings (SSSR count).